The van der Waals surface area contributed by atoms with Crippen molar-refractivity contribution in [2.24, 2.45) is 0 Å². The minimum atomic E-state index is -0.462. The molecule has 0 radical (unpaired) electrons. The summed E-state index contributed by atoms with van der Waals surface area (Å²) in [5.74, 6) is -0.0533. The lowest BCUT2D eigenvalue weighted by Gasteiger charge is -2.10. The third-order valence-electron chi connectivity index (χ3n) is 3.63. The number of hydrogen-bond donors (Lipinski definition) is 0. The van der Waals surface area contributed by atoms with Gasteiger partial charge in [-0.15, -0.1) is 0 Å². The minimum Gasteiger partial charge on any atom is -0.482 e. The Labute approximate surface area is 155 Å². The topological polar surface area (TPSA) is 65.7 Å². The molecule has 0 aliphatic heterocycles. The molecule has 3 rings (SSSR count). The summed E-state index contributed by atoms with van der Waals surface area (Å²) < 4.78 is 16.0. The van der Waals surface area contributed by atoms with Crippen LogP contribution in [0.25, 0.3) is 22.1 Å². The molecular formula is C20H17ClO5. The zero-order valence-electron chi connectivity index (χ0n) is 14.3. The molecule has 1 aromatic heterocycles. The van der Waals surface area contributed by atoms with Gasteiger partial charge in [0, 0.05) is 16.7 Å². The summed E-state index contributed by atoms with van der Waals surface area (Å²) in [4.78, 5) is 24.3. The standard InChI is InChI=1S/C20H17ClO5/c1-12(2)26-19(22)11-24-13-7-8-15-18(9-13)25-10-16(20(15)23)14-5-3-4-6-17(14)21/h3-10,12H,11H2,1-2H3. The second kappa shape index (κ2) is 7.62. The van der Waals surface area contributed by atoms with Gasteiger partial charge < -0.3 is 13.9 Å². The SMILES string of the molecule is CC(C)OC(=O)COc1ccc2c(=O)c(-c3ccccc3Cl)coc2c1. The van der Waals surface area contributed by atoms with E-state index in [2.05, 4.69) is 0 Å². The van der Waals surface area contributed by atoms with E-state index in [9.17, 15) is 9.59 Å². The highest BCUT2D eigenvalue weighted by molar-refractivity contribution is 6.33. The van der Waals surface area contributed by atoms with Crippen LogP contribution in [0.2, 0.25) is 5.02 Å². The van der Waals surface area contributed by atoms with Gasteiger partial charge in [-0.2, -0.15) is 0 Å². The summed E-state index contributed by atoms with van der Waals surface area (Å²) in [6.07, 6.45) is 1.17. The minimum absolute atomic E-state index is 0.190. The van der Waals surface area contributed by atoms with Gasteiger partial charge >= 0.3 is 5.97 Å². The van der Waals surface area contributed by atoms with Crippen LogP contribution in [0.5, 0.6) is 5.75 Å². The van der Waals surface area contributed by atoms with Gasteiger partial charge in [0.1, 0.15) is 17.6 Å². The molecule has 5 nitrogen and oxygen atoms in total. The quantitative estimate of drug-likeness (QED) is 0.619. The van der Waals surface area contributed by atoms with Crippen molar-refractivity contribution in [3.8, 4) is 16.9 Å². The molecular weight excluding hydrogens is 356 g/mol. The van der Waals surface area contributed by atoms with Gasteiger partial charge in [-0.3, -0.25) is 4.79 Å². The average Bonchev–Trinajstić information content (AvgIpc) is 2.60. The number of hydrogen-bond acceptors (Lipinski definition) is 5. The number of ether oxygens (including phenoxy) is 2. The van der Waals surface area contributed by atoms with Crippen molar-refractivity contribution in [1.82, 2.24) is 0 Å². The molecule has 0 atom stereocenters. The average molecular weight is 373 g/mol. The van der Waals surface area contributed by atoms with Crippen LogP contribution in [0, 0.1) is 0 Å². The summed E-state index contributed by atoms with van der Waals surface area (Å²) in [6.45, 7) is 3.31. The summed E-state index contributed by atoms with van der Waals surface area (Å²) in [5.41, 5.74) is 1.17. The van der Waals surface area contributed by atoms with Crippen LogP contribution in [-0.4, -0.2) is 18.7 Å². The highest BCUT2D eigenvalue weighted by atomic mass is 35.5. The first-order valence-electron chi connectivity index (χ1n) is 8.08. The van der Waals surface area contributed by atoms with Gasteiger partial charge in [-0.25, -0.2) is 4.79 Å². The lowest BCUT2D eigenvalue weighted by molar-refractivity contribution is -0.149. The van der Waals surface area contributed by atoms with Crippen molar-refractivity contribution in [1.29, 1.82) is 0 Å². The molecule has 0 amide bonds. The van der Waals surface area contributed by atoms with E-state index in [4.69, 9.17) is 25.5 Å². The highest BCUT2D eigenvalue weighted by Crippen LogP contribution is 2.27. The number of halogens is 1. The first kappa shape index (κ1) is 18.0. The van der Waals surface area contributed by atoms with Gasteiger partial charge in [0.05, 0.1) is 17.1 Å². The molecule has 0 aliphatic carbocycles. The predicted octanol–water partition coefficient (Wildman–Crippen LogP) is 4.44. The molecule has 0 spiro atoms. The van der Waals surface area contributed by atoms with E-state index in [-0.39, 0.29) is 18.1 Å². The molecule has 6 heteroatoms. The number of rotatable bonds is 5. The number of esters is 1. The van der Waals surface area contributed by atoms with Crippen LogP contribution in [-0.2, 0) is 9.53 Å². The predicted molar refractivity (Wildman–Crippen MR) is 99.7 cm³/mol. The zero-order chi connectivity index (χ0) is 18.7. The Morgan fingerprint density at radius 2 is 1.92 bits per heavy atom. The number of benzene rings is 2. The van der Waals surface area contributed by atoms with Gasteiger partial charge in [0.2, 0.25) is 5.43 Å². The van der Waals surface area contributed by atoms with Gasteiger partial charge in [-0.05, 0) is 32.0 Å². The van der Waals surface area contributed by atoms with Crippen LogP contribution in [0.15, 0.2) is 57.9 Å². The Hall–Kier alpha value is -2.79. The largest absolute Gasteiger partial charge is 0.482 e. The molecule has 1 heterocycles. The molecule has 0 N–H and O–H groups in total. The lowest BCUT2D eigenvalue weighted by atomic mass is 10.1. The molecule has 0 unspecified atom stereocenters. The molecule has 3 aromatic rings. The van der Waals surface area contributed by atoms with E-state index in [0.717, 1.165) is 0 Å². The summed E-state index contributed by atoms with van der Waals surface area (Å²) in [5, 5.41) is 0.877. The van der Waals surface area contributed by atoms with E-state index in [1.807, 2.05) is 0 Å². The zero-order valence-corrected chi connectivity index (χ0v) is 15.1. The summed E-state index contributed by atoms with van der Waals surface area (Å²) >= 11 is 6.17. The fourth-order valence-electron chi connectivity index (χ4n) is 2.50. The van der Waals surface area contributed by atoms with E-state index >= 15 is 0 Å². The Bertz CT molecular complexity index is 1010. The van der Waals surface area contributed by atoms with Crippen LogP contribution in [0.1, 0.15) is 13.8 Å². The van der Waals surface area contributed by atoms with E-state index < -0.39 is 5.97 Å². The van der Waals surface area contributed by atoms with Gasteiger partial charge in [-0.1, -0.05) is 29.8 Å². The summed E-state index contributed by atoms with van der Waals surface area (Å²) in [7, 11) is 0. The number of fused-ring (bicyclic) bond motifs is 1. The third-order valence-corrected chi connectivity index (χ3v) is 3.96. The number of carbonyl (C=O) groups is 1. The molecule has 26 heavy (non-hydrogen) atoms. The molecule has 0 fully saturated rings. The van der Waals surface area contributed by atoms with Crippen LogP contribution >= 0.6 is 11.6 Å². The first-order chi connectivity index (χ1) is 12.5. The second-order valence-corrected chi connectivity index (χ2v) is 6.35. The van der Waals surface area contributed by atoms with E-state index in [1.165, 1.54) is 6.26 Å². The second-order valence-electron chi connectivity index (χ2n) is 5.94. The molecule has 2 aromatic carbocycles. The molecule has 134 valence electrons. The van der Waals surface area contributed by atoms with Crippen molar-refractivity contribution >= 4 is 28.5 Å². The van der Waals surface area contributed by atoms with Gasteiger partial charge in [0.15, 0.2) is 6.61 Å². The smallest absolute Gasteiger partial charge is 0.344 e. The van der Waals surface area contributed by atoms with Crippen molar-refractivity contribution in [3.63, 3.8) is 0 Å². The van der Waals surface area contributed by atoms with Crippen molar-refractivity contribution in [3.05, 3.63) is 64.0 Å². The maximum atomic E-state index is 12.7. The highest BCUT2D eigenvalue weighted by Gasteiger charge is 2.13. The van der Waals surface area contributed by atoms with E-state index in [0.29, 0.717) is 32.9 Å². The fourth-order valence-corrected chi connectivity index (χ4v) is 2.74. The monoisotopic (exact) mass is 372 g/mol. The maximum Gasteiger partial charge on any atom is 0.344 e. The van der Waals surface area contributed by atoms with Crippen molar-refractivity contribution in [2.45, 2.75) is 20.0 Å². The fraction of sp³-hybridized carbons (Fsp3) is 0.200. The molecule has 0 saturated carbocycles. The Balaban J connectivity index is 1.88. The third kappa shape index (κ3) is 3.89. The van der Waals surface area contributed by atoms with Crippen molar-refractivity contribution in [2.75, 3.05) is 6.61 Å². The molecule has 0 saturated heterocycles. The Morgan fingerprint density at radius 1 is 1.15 bits per heavy atom. The van der Waals surface area contributed by atoms with Gasteiger partial charge in [0.25, 0.3) is 0 Å². The Morgan fingerprint density at radius 3 is 2.65 bits per heavy atom. The first-order valence-corrected chi connectivity index (χ1v) is 8.46. The number of carbonyl (C=O) groups excluding carboxylic acids is 1. The van der Waals surface area contributed by atoms with Crippen LogP contribution in [0.4, 0.5) is 0 Å². The van der Waals surface area contributed by atoms with Crippen LogP contribution < -0.4 is 10.2 Å². The molecule has 0 bridgehead atoms. The van der Waals surface area contributed by atoms with Crippen molar-refractivity contribution < 1.29 is 18.7 Å². The lowest BCUT2D eigenvalue weighted by Crippen LogP contribution is -2.18. The molecule has 0 aliphatic rings. The summed E-state index contributed by atoms with van der Waals surface area (Å²) in [6, 6.07) is 11.9. The van der Waals surface area contributed by atoms with E-state index in [1.54, 1.807) is 56.3 Å². The Kier molecular flexibility index (Phi) is 5.28. The maximum absolute atomic E-state index is 12.7. The van der Waals surface area contributed by atoms with Crippen LogP contribution in [0.3, 0.4) is 0 Å². The normalized spacial score (nSPS) is 10.9.